The molecule has 2 aliphatic carbocycles. The van der Waals surface area contributed by atoms with E-state index in [0.29, 0.717) is 17.9 Å². The van der Waals surface area contributed by atoms with Crippen LogP contribution in [0.5, 0.6) is 0 Å². The van der Waals surface area contributed by atoms with Crippen molar-refractivity contribution in [3.8, 4) is 0 Å². The van der Waals surface area contributed by atoms with Crippen molar-refractivity contribution in [2.45, 2.75) is 45.1 Å². The number of nitrogens with one attached hydrogen (secondary N) is 1. The van der Waals surface area contributed by atoms with Crippen LogP contribution in [0.1, 0.15) is 39.0 Å². The Kier molecular flexibility index (Phi) is 2.07. The van der Waals surface area contributed by atoms with E-state index in [1.54, 1.807) is 0 Å². The number of rotatable bonds is 3. The number of hydrogen-bond acceptors (Lipinski definition) is 1. The smallest absolute Gasteiger partial charge is 0.223 e. The Bertz CT molecular complexity index is 182. The van der Waals surface area contributed by atoms with Gasteiger partial charge in [-0.05, 0) is 38.5 Å². The number of carbonyl (C=O) groups excluding carboxylic acids is 1. The van der Waals surface area contributed by atoms with Crippen molar-refractivity contribution < 1.29 is 4.79 Å². The highest BCUT2D eigenvalue weighted by Crippen LogP contribution is 2.32. The normalized spacial score (nSPS) is 26.1. The van der Waals surface area contributed by atoms with E-state index in [-0.39, 0.29) is 0 Å². The van der Waals surface area contributed by atoms with Crippen molar-refractivity contribution in [1.29, 1.82) is 0 Å². The van der Waals surface area contributed by atoms with Gasteiger partial charge in [-0.2, -0.15) is 0 Å². The summed E-state index contributed by atoms with van der Waals surface area (Å²) in [4.78, 5) is 11.3. The van der Waals surface area contributed by atoms with Crippen LogP contribution in [-0.4, -0.2) is 11.9 Å². The summed E-state index contributed by atoms with van der Waals surface area (Å²) in [5.74, 6) is 1.44. The fourth-order valence-corrected chi connectivity index (χ4v) is 1.75. The van der Waals surface area contributed by atoms with Crippen LogP contribution in [0.25, 0.3) is 0 Å². The monoisotopic (exact) mass is 167 g/mol. The Morgan fingerprint density at radius 2 is 2.00 bits per heavy atom. The topological polar surface area (TPSA) is 29.1 Å². The second-order valence-electron chi connectivity index (χ2n) is 4.26. The third-order valence-electron chi connectivity index (χ3n) is 3.18. The van der Waals surface area contributed by atoms with Crippen molar-refractivity contribution in [3.63, 3.8) is 0 Å². The molecular formula is C10H17NO. The minimum atomic E-state index is 0.300. The van der Waals surface area contributed by atoms with Crippen molar-refractivity contribution in [3.05, 3.63) is 0 Å². The highest BCUT2D eigenvalue weighted by molar-refractivity contribution is 5.81. The zero-order valence-electron chi connectivity index (χ0n) is 7.68. The first-order valence-corrected chi connectivity index (χ1v) is 5.08. The average molecular weight is 167 g/mol. The summed E-state index contributed by atoms with van der Waals surface area (Å²) in [7, 11) is 0. The lowest BCUT2D eigenvalue weighted by atomic mass is 9.80. The molecule has 0 aromatic rings. The summed E-state index contributed by atoms with van der Waals surface area (Å²) in [6.45, 7) is 2.14. The van der Waals surface area contributed by atoms with Gasteiger partial charge in [0.25, 0.3) is 0 Å². The predicted octanol–water partition coefficient (Wildman–Crippen LogP) is 1.70. The molecule has 0 unspecified atom stereocenters. The molecular weight excluding hydrogens is 150 g/mol. The van der Waals surface area contributed by atoms with Gasteiger partial charge in [0.2, 0.25) is 5.91 Å². The van der Waals surface area contributed by atoms with Crippen LogP contribution >= 0.6 is 0 Å². The van der Waals surface area contributed by atoms with Crippen LogP contribution in [0.15, 0.2) is 0 Å². The average Bonchev–Trinajstić information content (AvgIpc) is 2.61. The molecule has 68 valence electrons. The minimum absolute atomic E-state index is 0.300. The van der Waals surface area contributed by atoms with E-state index >= 15 is 0 Å². The molecule has 12 heavy (non-hydrogen) atoms. The molecule has 1 N–H and O–H groups in total. The van der Waals surface area contributed by atoms with Crippen LogP contribution in [0, 0.1) is 11.8 Å². The van der Waals surface area contributed by atoms with Gasteiger partial charge in [-0.15, -0.1) is 0 Å². The quantitative estimate of drug-likeness (QED) is 0.681. The molecule has 2 saturated carbocycles. The molecule has 2 rings (SSSR count). The fourth-order valence-electron chi connectivity index (χ4n) is 1.75. The first-order valence-electron chi connectivity index (χ1n) is 5.08. The second-order valence-corrected chi connectivity index (χ2v) is 4.26. The van der Waals surface area contributed by atoms with Crippen molar-refractivity contribution in [2.24, 2.45) is 11.8 Å². The van der Waals surface area contributed by atoms with E-state index in [1.165, 1.54) is 19.3 Å². The molecule has 2 aliphatic rings. The first-order chi connectivity index (χ1) is 5.77. The maximum absolute atomic E-state index is 11.3. The van der Waals surface area contributed by atoms with E-state index in [1.807, 2.05) is 0 Å². The van der Waals surface area contributed by atoms with Crippen molar-refractivity contribution >= 4 is 5.91 Å². The molecule has 0 bridgehead atoms. The zero-order chi connectivity index (χ0) is 8.55. The van der Waals surface area contributed by atoms with Gasteiger partial charge in [0.15, 0.2) is 0 Å². The Balaban J connectivity index is 1.73. The van der Waals surface area contributed by atoms with Crippen LogP contribution < -0.4 is 5.32 Å². The molecule has 0 saturated heterocycles. The summed E-state index contributed by atoms with van der Waals surface area (Å²) in [6.07, 6.45) is 6.21. The second kappa shape index (κ2) is 3.08. The van der Waals surface area contributed by atoms with Crippen LogP contribution in [0.4, 0.5) is 0 Å². The molecule has 2 heteroatoms. The van der Waals surface area contributed by atoms with E-state index in [9.17, 15) is 4.79 Å². The van der Waals surface area contributed by atoms with Gasteiger partial charge in [-0.3, -0.25) is 4.79 Å². The van der Waals surface area contributed by atoms with Gasteiger partial charge in [-0.1, -0.05) is 6.42 Å². The van der Waals surface area contributed by atoms with Crippen LogP contribution in [0.3, 0.4) is 0 Å². The third-order valence-corrected chi connectivity index (χ3v) is 3.18. The van der Waals surface area contributed by atoms with Gasteiger partial charge in [-0.25, -0.2) is 0 Å². The summed E-state index contributed by atoms with van der Waals surface area (Å²) in [5, 5.41) is 3.10. The number of hydrogen-bond donors (Lipinski definition) is 1. The highest BCUT2D eigenvalue weighted by atomic mass is 16.2. The molecule has 1 atom stereocenters. The predicted molar refractivity (Wildman–Crippen MR) is 47.7 cm³/mol. The standard InChI is InChI=1S/C10H17NO/c1-7(8-3-2-4-8)11-10(12)9-5-6-9/h7-9H,2-6H2,1H3,(H,11,12)/t7-/m0/s1. The molecule has 0 spiro atoms. The SMILES string of the molecule is C[C@H](NC(=O)C1CC1)C1CCC1. The lowest BCUT2D eigenvalue weighted by Crippen LogP contribution is -2.41. The molecule has 1 amide bonds. The third kappa shape index (κ3) is 1.62. The molecule has 2 nitrogen and oxygen atoms in total. The van der Waals surface area contributed by atoms with Gasteiger partial charge in [0.05, 0.1) is 0 Å². The summed E-state index contributed by atoms with van der Waals surface area (Å²) >= 11 is 0. The van der Waals surface area contributed by atoms with Gasteiger partial charge >= 0.3 is 0 Å². The Morgan fingerprint density at radius 3 is 2.42 bits per heavy atom. The van der Waals surface area contributed by atoms with E-state index < -0.39 is 0 Å². The fraction of sp³-hybridized carbons (Fsp3) is 0.900. The summed E-state index contributed by atoms with van der Waals surface area (Å²) in [6, 6.07) is 0.423. The lowest BCUT2D eigenvalue weighted by Gasteiger charge is -2.31. The van der Waals surface area contributed by atoms with E-state index in [4.69, 9.17) is 0 Å². The van der Waals surface area contributed by atoms with Crippen LogP contribution in [-0.2, 0) is 4.79 Å². The molecule has 0 heterocycles. The minimum Gasteiger partial charge on any atom is -0.353 e. The number of carbonyl (C=O) groups is 1. The Labute approximate surface area is 73.7 Å². The zero-order valence-corrected chi connectivity index (χ0v) is 7.68. The lowest BCUT2D eigenvalue weighted by molar-refractivity contribution is -0.123. The molecule has 2 fully saturated rings. The van der Waals surface area contributed by atoms with Crippen molar-refractivity contribution in [1.82, 2.24) is 5.32 Å². The highest BCUT2D eigenvalue weighted by Gasteiger charge is 2.32. The van der Waals surface area contributed by atoms with Crippen LogP contribution in [0.2, 0.25) is 0 Å². The molecule has 0 aromatic heterocycles. The maximum atomic E-state index is 11.3. The molecule has 0 aliphatic heterocycles. The summed E-state index contributed by atoms with van der Waals surface area (Å²) < 4.78 is 0. The van der Waals surface area contributed by atoms with E-state index in [2.05, 4.69) is 12.2 Å². The first kappa shape index (κ1) is 8.09. The Morgan fingerprint density at radius 1 is 1.33 bits per heavy atom. The summed E-state index contributed by atoms with van der Waals surface area (Å²) in [5.41, 5.74) is 0. The number of amides is 1. The molecule has 0 radical (unpaired) electrons. The van der Waals surface area contributed by atoms with Gasteiger partial charge in [0.1, 0.15) is 0 Å². The Hall–Kier alpha value is -0.530. The van der Waals surface area contributed by atoms with E-state index in [0.717, 1.165) is 18.8 Å². The van der Waals surface area contributed by atoms with Gasteiger partial charge in [0, 0.05) is 12.0 Å². The van der Waals surface area contributed by atoms with Crippen molar-refractivity contribution in [2.75, 3.05) is 0 Å². The largest absolute Gasteiger partial charge is 0.353 e. The molecule has 0 aromatic carbocycles. The van der Waals surface area contributed by atoms with Gasteiger partial charge < -0.3 is 5.32 Å². The maximum Gasteiger partial charge on any atom is 0.223 e.